The average molecular weight is 605 g/mol. The lowest BCUT2D eigenvalue weighted by Gasteiger charge is -2.34. The smallest absolute Gasteiger partial charge is 0.404 e. The molecule has 0 unspecified atom stereocenters. The van der Waals surface area contributed by atoms with Crippen LogP contribution in [0.15, 0.2) is 28.1 Å². The largest absolute Gasteiger partial charge is 0.494 e. The van der Waals surface area contributed by atoms with Crippen LogP contribution < -0.4 is 10.5 Å². The molecule has 2 amide bonds. The lowest BCUT2D eigenvalue weighted by Crippen LogP contribution is -2.49. The Morgan fingerprint density at radius 3 is 2.74 bits per heavy atom. The summed E-state index contributed by atoms with van der Waals surface area (Å²) < 4.78 is 30.5. The summed E-state index contributed by atoms with van der Waals surface area (Å²) in [5, 5.41) is 1.16. The van der Waals surface area contributed by atoms with Crippen molar-refractivity contribution in [1.29, 1.82) is 0 Å². The number of rotatable bonds is 6. The van der Waals surface area contributed by atoms with Crippen LogP contribution in [0, 0.1) is 5.92 Å². The molecule has 4 heterocycles. The molecule has 1 saturated heterocycles. The van der Waals surface area contributed by atoms with Crippen LogP contribution in [0.5, 0.6) is 5.75 Å². The number of alkyl halides is 1. The molecular formula is C26H27BrFN5O4S. The van der Waals surface area contributed by atoms with Gasteiger partial charge in [0.05, 0.1) is 35.2 Å². The molecule has 0 bridgehead atoms. The number of fused-ring (bicyclic) bond motifs is 2. The topological polar surface area (TPSA) is 105 Å². The number of piperidine rings is 1. The molecule has 3 aromatic heterocycles. The molecule has 38 heavy (non-hydrogen) atoms. The highest BCUT2D eigenvalue weighted by Crippen LogP contribution is 2.41. The van der Waals surface area contributed by atoms with Crippen molar-refractivity contribution in [2.45, 2.75) is 38.1 Å². The highest BCUT2D eigenvalue weighted by molar-refractivity contribution is 9.11. The van der Waals surface area contributed by atoms with E-state index in [-0.39, 0.29) is 25.4 Å². The van der Waals surface area contributed by atoms with Gasteiger partial charge in [-0.15, -0.1) is 11.3 Å². The molecule has 6 rings (SSSR count). The molecule has 0 radical (unpaired) electrons. The van der Waals surface area contributed by atoms with Crippen molar-refractivity contribution < 1.29 is 23.5 Å². The number of nitrogens with zero attached hydrogens (tertiary/aromatic N) is 4. The zero-order valence-corrected chi connectivity index (χ0v) is 23.3. The van der Waals surface area contributed by atoms with Gasteiger partial charge in [-0.3, -0.25) is 4.79 Å². The van der Waals surface area contributed by atoms with Crippen molar-refractivity contribution >= 4 is 60.5 Å². The number of nitrogens with two attached hydrogens (primary N) is 1. The highest BCUT2D eigenvalue weighted by atomic mass is 79.9. The van der Waals surface area contributed by atoms with E-state index in [0.717, 1.165) is 32.8 Å². The zero-order valence-electron chi connectivity index (χ0n) is 20.9. The van der Waals surface area contributed by atoms with Crippen molar-refractivity contribution in [2.24, 2.45) is 18.7 Å². The quantitative estimate of drug-likeness (QED) is 0.331. The Morgan fingerprint density at radius 1 is 1.24 bits per heavy atom. The Morgan fingerprint density at radius 2 is 2.03 bits per heavy atom. The number of halogens is 2. The van der Waals surface area contributed by atoms with Gasteiger partial charge in [0.25, 0.3) is 5.91 Å². The molecule has 1 aliphatic heterocycles. The number of carbonyl (C=O) groups excluding carboxylic acids is 2. The SMILES string of the molecule is COc1cc(C(=O)N2C[C@H](F)C[C@@H](OC(N)=O)C2)cc2nc(-c3cc4cc(Br)sc4n3CC3CC3)n(C)c12. The molecule has 1 aromatic carbocycles. The summed E-state index contributed by atoms with van der Waals surface area (Å²) >= 11 is 5.32. The van der Waals surface area contributed by atoms with Gasteiger partial charge >= 0.3 is 6.09 Å². The number of methoxy groups -OCH3 is 1. The number of hydrogen-bond donors (Lipinski definition) is 1. The molecule has 0 spiro atoms. The summed E-state index contributed by atoms with van der Waals surface area (Å²) in [7, 11) is 3.49. The van der Waals surface area contributed by atoms with Crippen LogP contribution >= 0.6 is 27.3 Å². The van der Waals surface area contributed by atoms with E-state index in [0.29, 0.717) is 22.7 Å². The van der Waals surface area contributed by atoms with Gasteiger partial charge in [-0.25, -0.2) is 14.2 Å². The number of likely N-dealkylation sites (tertiary alicyclic amines) is 1. The lowest BCUT2D eigenvalue weighted by atomic mass is 10.0. The summed E-state index contributed by atoms with van der Waals surface area (Å²) in [5.41, 5.74) is 7.82. The fourth-order valence-electron chi connectivity index (χ4n) is 5.35. The van der Waals surface area contributed by atoms with Crippen molar-refractivity contribution in [3.05, 3.63) is 33.6 Å². The minimum absolute atomic E-state index is 0.00715. The molecule has 1 saturated carbocycles. The predicted octanol–water partition coefficient (Wildman–Crippen LogP) is 5.09. The van der Waals surface area contributed by atoms with Crippen LogP contribution in [-0.2, 0) is 18.3 Å². The first-order chi connectivity index (χ1) is 18.2. The predicted molar refractivity (Wildman–Crippen MR) is 146 cm³/mol. The van der Waals surface area contributed by atoms with E-state index in [1.165, 1.54) is 22.6 Å². The van der Waals surface area contributed by atoms with Gasteiger partial charge in [0.1, 0.15) is 28.4 Å². The second kappa shape index (κ2) is 9.57. The van der Waals surface area contributed by atoms with Crippen LogP contribution in [0.2, 0.25) is 0 Å². The van der Waals surface area contributed by atoms with Crippen molar-refractivity contribution in [3.63, 3.8) is 0 Å². The second-order valence-corrected chi connectivity index (χ2v) is 12.4. The van der Waals surface area contributed by atoms with Crippen LogP contribution in [0.3, 0.4) is 0 Å². The van der Waals surface area contributed by atoms with Gasteiger partial charge < -0.3 is 29.2 Å². The Balaban J connectivity index is 1.40. The molecule has 2 aliphatic rings. The molecule has 9 nitrogen and oxygen atoms in total. The number of primary amides is 1. The first-order valence-electron chi connectivity index (χ1n) is 12.4. The van der Waals surface area contributed by atoms with E-state index in [1.54, 1.807) is 30.6 Å². The highest BCUT2D eigenvalue weighted by Gasteiger charge is 2.33. The van der Waals surface area contributed by atoms with Crippen LogP contribution in [0.4, 0.5) is 9.18 Å². The zero-order chi connectivity index (χ0) is 26.7. The Kier molecular flexibility index (Phi) is 6.34. The number of carbonyl (C=O) groups is 2. The van der Waals surface area contributed by atoms with E-state index in [9.17, 15) is 14.0 Å². The Hall–Kier alpha value is -3.12. The molecular weight excluding hydrogens is 577 g/mol. The molecule has 2 atom stereocenters. The number of thiophene rings is 1. The van der Waals surface area contributed by atoms with Crippen LogP contribution in [-0.4, -0.2) is 63.5 Å². The van der Waals surface area contributed by atoms with Crippen molar-refractivity contribution in [2.75, 3.05) is 20.2 Å². The number of aryl methyl sites for hydroxylation is 1. The van der Waals surface area contributed by atoms with E-state index in [4.69, 9.17) is 20.2 Å². The summed E-state index contributed by atoms with van der Waals surface area (Å²) in [6.45, 7) is 0.910. The Labute approximate surface area is 230 Å². The third-order valence-electron chi connectivity index (χ3n) is 7.24. The maximum absolute atomic E-state index is 14.4. The summed E-state index contributed by atoms with van der Waals surface area (Å²) in [6, 6.07) is 7.65. The van der Waals surface area contributed by atoms with Gasteiger partial charge in [-0.1, -0.05) is 0 Å². The number of amides is 2. The molecule has 4 aromatic rings. The fraction of sp³-hybridized carbons (Fsp3) is 0.423. The summed E-state index contributed by atoms with van der Waals surface area (Å²) in [6.07, 6.45) is -0.630. The molecule has 1 aliphatic carbocycles. The van der Waals surface area contributed by atoms with Gasteiger partial charge in [-0.2, -0.15) is 0 Å². The standard InChI is InChI=1S/C26H27BrFN5O4S/c1-31-22-18(30-23(31)19-6-15-8-21(27)38-25(15)33(19)10-13-3-4-13)5-14(7-20(22)36-2)24(34)32-11-16(28)9-17(12-32)37-26(29)35/h5-8,13,16-17H,3-4,9-12H2,1-2H3,(H2,29,35)/t16-,17-/m1/s1. The number of benzene rings is 1. The third kappa shape index (κ3) is 4.53. The molecule has 2 N–H and O–H groups in total. The number of aromatic nitrogens is 3. The van der Waals surface area contributed by atoms with E-state index >= 15 is 0 Å². The van der Waals surface area contributed by atoms with Gasteiger partial charge in [-0.05, 0) is 59.0 Å². The third-order valence-corrected chi connectivity index (χ3v) is 8.91. The first kappa shape index (κ1) is 25.2. The fourth-order valence-corrected chi connectivity index (χ4v) is 6.95. The Bertz CT molecular complexity index is 1570. The van der Waals surface area contributed by atoms with Gasteiger partial charge in [0.15, 0.2) is 5.82 Å². The average Bonchev–Trinajstić information content (AvgIpc) is 3.42. The van der Waals surface area contributed by atoms with Crippen molar-refractivity contribution in [1.82, 2.24) is 19.0 Å². The molecule has 2 fully saturated rings. The second-order valence-electron chi connectivity index (χ2n) is 10.0. The van der Waals surface area contributed by atoms with E-state index in [1.807, 2.05) is 11.6 Å². The lowest BCUT2D eigenvalue weighted by molar-refractivity contribution is 0.0133. The number of imidazole rings is 1. The van der Waals surface area contributed by atoms with Crippen LogP contribution in [0.25, 0.3) is 32.8 Å². The normalized spacial score (nSPS) is 19.8. The van der Waals surface area contributed by atoms with E-state index in [2.05, 4.69) is 32.6 Å². The minimum atomic E-state index is -1.32. The monoisotopic (exact) mass is 603 g/mol. The molecule has 12 heteroatoms. The van der Waals surface area contributed by atoms with Gasteiger partial charge in [0, 0.05) is 31.0 Å². The van der Waals surface area contributed by atoms with E-state index < -0.39 is 18.4 Å². The number of hydrogen-bond acceptors (Lipinski definition) is 6. The first-order valence-corrected chi connectivity index (χ1v) is 14.1. The van der Waals surface area contributed by atoms with Gasteiger partial charge in [0.2, 0.25) is 0 Å². The van der Waals surface area contributed by atoms with Crippen molar-refractivity contribution in [3.8, 4) is 17.3 Å². The van der Waals surface area contributed by atoms with Crippen LogP contribution in [0.1, 0.15) is 29.6 Å². The summed E-state index contributed by atoms with van der Waals surface area (Å²) in [5.74, 6) is 1.56. The number of ether oxygens (including phenoxy) is 2. The molecule has 200 valence electrons. The maximum Gasteiger partial charge on any atom is 0.404 e. The maximum atomic E-state index is 14.4. The summed E-state index contributed by atoms with van der Waals surface area (Å²) in [4.78, 5) is 32.1. The minimum Gasteiger partial charge on any atom is -0.494 e.